The number of ether oxygens (including phenoxy) is 1. The van der Waals surface area contributed by atoms with Crippen LogP contribution in [0.15, 0.2) is 42.5 Å². The fourth-order valence-electron chi connectivity index (χ4n) is 3.02. The minimum Gasteiger partial charge on any atom is -0.435 e. The second-order valence-electron chi connectivity index (χ2n) is 6.28. The Morgan fingerprint density at radius 1 is 1.19 bits per heavy atom. The molecule has 0 unspecified atom stereocenters. The fraction of sp³-hybridized carbons (Fsp3) is 0.368. The first-order chi connectivity index (χ1) is 12.5. The number of hydrogen-bond donors (Lipinski definition) is 1. The van der Waals surface area contributed by atoms with Crippen LogP contribution < -0.4 is 10.1 Å². The molecule has 1 saturated heterocycles. The number of likely N-dealkylation sites (tertiary alicyclic amines) is 1. The summed E-state index contributed by atoms with van der Waals surface area (Å²) < 4.78 is 28.7. The second-order valence-corrected chi connectivity index (χ2v) is 6.28. The van der Waals surface area contributed by atoms with Crippen molar-refractivity contribution in [3.63, 3.8) is 0 Å². The lowest BCUT2D eigenvalue weighted by Crippen LogP contribution is -2.42. The molecule has 0 radical (unpaired) electrons. The van der Waals surface area contributed by atoms with Gasteiger partial charge in [0.25, 0.3) is 5.91 Å². The first-order valence-electron chi connectivity index (χ1n) is 8.55. The smallest absolute Gasteiger partial charge is 0.387 e. The van der Waals surface area contributed by atoms with Gasteiger partial charge < -0.3 is 15.0 Å². The van der Waals surface area contributed by atoms with Gasteiger partial charge in [0.1, 0.15) is 11.6 Å². The number of nitrogens with zero attached hydrogens (tertiary/aromatic N) is 2. The summed E-state index contributed by atoms with van der Waals surface area (Å²) in [5.41, 5.74) is 1.43. The SMILES string of the molecule is Cc1cccc(NC2CCN(C(=O)c3ccc(OC(F)F)cc3)CC2)n1. The van der Waals surface area contributed by atoms with E-state index in [2.05, 4.69) is 15.0 Å². The van der Waals surface area contributed by atoms with Crippen molar-refractivity contribution in [2.75, 3.05) is 18.4 Å². The zero-order chi connectivity index (χ0) is 18.5. The van der Waals surface area contributed by atoms with Crippen LogP contribution in [0.25, 0.3) is 0 Å². The number of nitrogens with one attached hydrogen (secondary N) is 1. The van der Waals surface area contributed by atoms with Crippen molar-refractivity contribution >= 4 is 11.7 Å². The Balaban J connectivity index is 1.53. The molecule has 1 aromatic heterocycles. The Labute approximate surface area is 151 Å². The number of pyridine rings is 1. The van der Waals surface area contributed by atoms with Gasteiger partial charge in [-0.1, -0.05) is 6.07 Å². The maximum absolute atomic E-state index is 12.5. The van der Waals surface area contributed by atoms with E-state index in [1.165, 1.54) is 24.3 Å². The minimum atomic E-state index is -2.87. The average molecular weight is 361 g/mol. The van der Waals surface area contributed by atoms with Gasteiger partial charge in [-0.2, -0.15) is 8.78 Å². The first-order valence-corrected chi connectivity index (χ1v) is 8.55. The van der Waals surface area contributed by atoms with Crippen molar-refractivity contribution in [2.24, 2.45) is 0 Å². The van der Waals surface area contributed by atoms with Crippen LogP contribution in [0.2, 0.25) is 0 Å². The third-order valence-corrected chi connectivity index (χ3v) is 4.35. The number of benzene rings is 1. The summed E-state index contributed by atoms with van der Waals surface area (Å²) in [7, 11) is 0. The highest BCUT2D eigenvalue weighted by atomic mass is 19.3. The largest absolute Gasteiger partial charge is 0.435 e. The van der Waals surface area contributed by atoms with Crippen LogP contribution in [0.3, 0.4) is 0 Å². The van der Waals surface area contributed by atoms with E-state index in [4.69, 9.17) is 0 Å². The summed E-state index contributed by atoms with van der Waals surface area (Å²) in [5, 5.41) is 3.41. The summed E-state index contributed by atoms with van der Waals surface area (Å²) in [6, 6.07) is 11.9. The molecule has 0 bridgehead atoms. The monoisotopic (exact) mass is 361 g/mol. The lowest BCUT2D eigenvalue weighted by atomic mass is 10.0. The lowest BCUT2D eigenvalue weighted by Gasteiger charge is -2.32. The Morgan fingerprint density at radius 3 is 2.50 bits per heavy atom. The molecule has 2 heterocycles. The molecule has 1 aliphatic heterocycles. The molecule has 0 saturated carbocycles. The molecule has 0 atom stereocenters. The molecule has 0 spiro atoms. The maximum Gasteiger partial charge on any atom is 0.387 e. The number of aryl methyl sites for hydroxylation is 1. The molecular weight excluding hydrogens is 340 g/mol. The van der Waals surface area contributed by atoms with Gasteiger partial charge in [0.2, 0.25) is 0 Å². The highest BCUT2D eigenvalue weighted by Crippen LogP contribution is 2.20. The van der Waals surface area contributed by atoms with Gasteiger partial charge in [0.05, 0.1) is 0 Å². The molecule has 1 aliphatic rings. The second kappa shape index (κ2) is 8.12. The summed E-state index contributed by atoms with van der Waals surface area (Å²) >= 11 is 0. The number of aromatic nitrogens is 1. The van der Waals surface area contributed by atoms with E-state index in [1.807, 2.05) is 25.1 Å². The van der Waals surface area contributed by atoms with Crippen molar-refractivity contribution in [3.8, 4) is 5.75 Å². The number of amides is 1. The number of halogens is 2. The first kappa shape index (κ1) is 18.1. The van der Waals surface area contributed by atoms with E-state index in [1.54, 1.807) is 4.90 Å². The van der Waals surface area contributed by atoms with Crippen LogP contribution >= 0.6 is 0 Å². The Morgan fingerprint density at radius 2 is 1.88 bits per heavy atom. The van der Waals surface area contributed by atoms with Crippen LogP contribution in [-0.4, -0.2) is 41.5 Å². The van der Waals surface area contributed by atoms with E-state index in [0.717, 1.165) is 24.4 Å². The molecule has 5 nitrogen and oxygen atoms in total. The van der Waals surface area contributed by atoms with Gasteiger partial charge in [-0.3, -0.25) is 4.79 Å². The van der Waals surface area contributed by atoms with Crippen molar-refractivity contribution in [1.82, 2.24) is 9.88 Å². The van der Waals surface area contributed by atoms with Crippen LogP contribution in [0.5, 0.6) is 5.75 Å². The molecule has 138 valence electrons. The highest BCUT2D eigenvalue weighted by molar-refractivity contribution is 5.94. The van der Waals surface area contributed by atoms with Gasteiger partial charge >= 0.3 is 6.61 Å². The van der Waals surface area contributed by atoms with E-state index >= 15 is 0 Å². The number of alkyl halides is 2. The van der Waals surface area contributed by atoms with Crippen molar-refractivity contribution < 1.29 is 18.3 Å². The quantitative estimate of drug-likeness (QED) is 0.882. The van der Waals surface area contributed by atoms with Crippen molar-refractivity contribution in [1.29, 1.82) is 0 Å². The van der Waals surface area contributed by atoms with E-state index in [9.17, 15) is 13.6 Å². The molecular formula is C19H21F2N3O2. The van der Waals surface area contributed by atoms with E-state index in [0.29, 0.717) is 18.7 Å². The standard InChI is InChI=1S/C19H21F2N3O2/c1-13-3-2-4-17(22-13)23-15-9-11-24(12-10-15)18(25)14-5-7-16(8-6-14)26-19(20)21/h2-8,15,19H,9-12H2,1H3,(H,22,23). The molecule has 0 aliphatic carbocycles. The predicted molar refractivity (Wildman–Crippen MR) is 94.6 cm³/mol. The van der Waals surface area contributed by atoms with E-state index in [-0.39, 0.29) is 17.7 Å². The summed E-state index contributed by atoms with van der Waals surface area (Å²) in [4.78, 5) is 18.8. The minimum absolute atomic E-state index is 0.0464. The maximum atomic E-state index is 12.5. The number of piperidine rings is 1. The van der Waals surface area contributed by atoms with Crippen LogP contribution in [0.1, 0.15) is 28.9 Å². The molecule has 1 aromatic carbocycles. The van der Waals surface area contributed by atoms with Gasteiger partial charge in [-0.15, -0.1) is 0 Å². The van der Waals surface area contributed by atoms with Gasteiger partial charge in [-0.05, 0) is 56.2 Å². The number of carbonyl (C=O) groups is 1. The molecule has 26 heavy (non-hydrogen) atoms. The normalized spacial score (nSPS) is 15.2. The zero-order valence-electron chi connectivity index (χ0n) is 14.5. The molecule has 3 rings (SSSR count). The number of rotatable bonds is 5. The molecule has 1 fully saturated rings. The highest BCUT2D eigenvalue weighted by Gasteiger charge is 2.24. The summed E-state index contributed by atoms with van der Waals surface area (Å²) in [6.07, 6.45) is 1.65. The van der Waals surface area contributed by atoms with Crippen LogP contribution in [0, 0.1) is 6.92 Å². The summed E-state index contributed by atoms with van der Waals surface area (Å²) in [6.45, 7) is 0.352. The third kappa shape index (κ3) is 4.68. The topological polar surface area (TPSA) is 54.5 Å². The average Bonchev–Trinajstić information content (AvgIpc) is 2.62. The molecule has 7 heteroatoms. The predicted octanol–water partition coefficient (Wildman–Crippen LogP) is 3.71. The van der Waals surface area contributed by atoms with Gasteiger partial charge in [0, 0.05) is 30.4 Å². The van der Waals surface area contributed by atoms with Crippen LogP contribution in [0.4, 0.5) is 14.6 Å². The third-order valence-electron chi connectivity index (χ3n) is 4.35. The van der Waals surface area contributed by atoms with Gasteiger partial charge in [0.15, 0.2) is 0 Å². The molecule has 2 aromatic rings. The number of hydrogen-bond acceptors (Lipinski definition) is 4. The van der Waals surface area contributed by atoms with Gasteiger partial charge in [-0.25, -0.2) is 4.98 Å². The number of carbonyl (C=O) groups excluding carboxylic acids is 1. The molecule has 1 N–H and O–H groups in total. The van der Waals surface area contributed by atoms with Crippen molar-refractivity contribution in [3.05, 3.63) is 53.7 Å². The Kier molecular flexibility index (Phi) is 5.65. The Bertz CT molecular complexity index is 745. The molecule has 1 amide bonds. The van der Waals surface area contributed by atoms with Crippen LogP contribution in [-0.2, 0) is 0 Å². The number of anilines is 1. The summed E-state index contributed by atoms with van der Waals surface area (Å²) in [5.74, 6) is 0.801. The Hall–Kier alpha value is -2.70. The van der Waals surface area contributed by atoms with Crippen molar-refractivity contribution in [2.45, 2.75) is 32.4 Å². The zero-order valence-corrected chi connectivity index (χ0v) is 14.5. The fourth-order valence-corrected chi connectivity index (χ4v) is 3.02. The lowest BCUT2D eigenvalue weighted by molar-refractivity contribution is -0.0498. The van der Waals surface area contributed by atoms with E-state index < -0.39 is 6.61 Å².